The number of ether oxygens (including phenoxy) is 1. The summed E-state index contributed by atoms with van der Waals surface area (Å²) in [6.07, 6.45) is 5.98. The second-order valence-corrected chi connectivity index (χ2v) is 5.87. The first-order valence-electron chi connectivity index (χ1n) is 7.72. The molecule has 2 unspecified atom stereocenters. The van der Waals surface area contributed by atoms with Gasteiger partial charge >= 0.3 is 0 Å². The van der Waals surface area contributed by atoms with E-state index in [-0.39, 0.29) is 12.0 Å². The van der Waals surface area contributed by atoms with Gasteiger partial charge in [-0.2, -0.15) is 4.98 Å². The van der Waals surface area contributed by atoms with E-state index in [0.29, 0.717) is 18.3 Å². The molecule has 0 radical (unpaired) electrons. The number of nitrogens with two attached hydrogens (primary N) is 1. The van der Waals surface area contributed by atoms with E-state index in [2.05, 4.69) is 15.0 Å². The summed E-state index contributed by atoms with van der Waals surface area (Å²) in [6.45, 7) is 4.61. The molecule has 0 saturated carbocycles. The zero-order chi connectivity index (χ0) is 13.8. The summed E-state index contributed by atoms with van der Waals surface area (Å²) in [7, 11) is 0. The van der Waals surface area contributed by atoms with Gasteiger partial charge in [0.05, 0.1) is 18.6 Å². The molecule has 0 aromatic carbocycles. The Labute approximate surface area is 119 Å². The summed E-state index contributed by atoms with van der Waals surface area (Å²) < 4.78 is 10.8. The van der Waals surface area contributed by atoms with Crippen molar-refractivity contribution in [3.05, 3.63) is 11.7 Å². The fourth-order valence-electron chi connectivity index (χ4n) is 3.00. The predicted octanol–water partition coefficient (Wildman–Crippen LogP) is 1.45. The van der Waals surface area contributed by atoms with Crippen molar-refractivity contribution in [1.29, 1.82) is 0 Å². The Bertz CT molecular complexity index is 411. The third kappa shape index (κ3) is 3.37. The molecular weight excluding hydrogens is 256 g/mol. The number of hydrogen-bond acceptors (Lipinski definition) is 6. The maximum Gasteiger partial charge on any atom is 0.232 e. The lowest BCUT2D eigenvalue weighted by Gasteiger charge is -2.27. The number of nitrogens with zero attached hydrogens (tertiary/aromatic N) is 3. The molecule has 3 heterocycles. The quantitative estimate of drug-likeness (QED) is 0.899. The topological polar surface area (TPSA) is 77.4 Å². The van der Waals surface area contributed by atoms with Crippen molar-refractivity contribution in [1.82, 2.24) is 15.0 Å². The van der Waals surface area contributed by atoms with Crippen LogP contribution in [0.2, 0.25) is 0 Å². The van der Waals surface area contributed by atoms with Crippen LogP contribution in [-0.4, -0.2) is 47.9 Å². The summed E-state index contributed by atoms with van der Waals surface area (Å²) in [5.41, 5.74) is 6.21. The minimum atomic E-state index is -0.157. The van der Waals surface area contributed by atoms with E-state index in [0.717, 1.165) is 39.1 Å². The standard InChI is InChI=1S/C14H24N4O2/c15-12(9-18-6-2-1-3-7-18)13-16-14(20-17-13)11-5-4-8-19-10-11/h11-12H,1-10,15H2. The lowest BCUT2D eigenvalue weighted by molar-refractivity contribution is 0.0705. The highest BCUT2D eigenvalue weighted by Gasteiger charge is 2.24. The van der Waals surface area contributed by atoms with Gasteiger partial charge < -0.3 is 19.9 Å². The van der Waals surface area contributed by atoms with Crippen molar-refractivity contribution < 1.29 is 9.26 Å². The van der Waals surface area contributed by atoms with Crippen molar-refractivity contribution in [3.8, 4) is 0 Å². The monoisotopic (exact) mass is 280 g/mol. The third-order valence-corrected chi connectivity index (χ3v) is 4.20. The van der Waals surface area contributed by atoms with Gasteiger partial charge in [0.15, 0.2) is 5.82 Å². The summed E-state index contributed by atoms with van der Waals surface area (Å²) >= 11 is 0. The van der Waals surface area contributed by atoms with E-state index in [9.17, 15) is 0 Å². The highest BCUT2D eigenvalue weighted by Crippen LogP contribution is 2.24. The molecule has 0 bridgehead atoms. The Morgan fingerprint density at radius 2 is 2.10 bits per heavy atom. The maximum atomic E-state index is 6.21. The highest BCUT2D eigenvalue weighted by atomic mass is 16.5. The number of aromatic nitrogens is 2. The Morgan fingerprint density at radius 1 is 1.25 bits per heavy atom. The van der Waals surface area contributed by atoms with E-state index >= 15 is 0 Å². The minimum absolute atomic E-state index is 0.157. The fraction of sp³-hybridized carbons (Fsp3) is 0.857. The van der Waals surface area contributed by atoms with Crippen LogP contribution in [0.1, 0.15) is 55.8 Å². The van der Waals surface area contributed by atoms with Gasteiger partial charge in [0.25, 0.3) is 0 Å². The molecule has 2 fully saturated rings. The molecule has 6 heteroatoms. The molecule has 2 aliphatic heterocycles. The van der Waals surface area contributed by atoms with Crippen LogP contribution in [0.25, 0.3) is 0 Å². The lowest BCUT2D eigenvalue weighted by Crippen LogP contribution is -2.36. The number of piperidine rings is 1. The molecule has 112 valence electrons. The molecule has 2 aliphatic rings. The number of hydrogen-bond donors (Lipinski definition) is 1. The average molecular weight is 280 g/mol. The average Bonchev–Trinajstić information content (AvgIpc) is 2.99. The van der Waals surface area contributed by atoms with Crippen molar-refractivity contribution >= 4 is 0 Å². The van der Waals surface area contributed by atoms with Crippen LogP contribution in [0, 0.1) is 0 Å². The van der Waals surface area contributed by atoms with Gasteiger partial charge in [0, 0.05) is 13.2 Å². The summed E-state index contributed by atoms with van der Waals surface area (Å²) in [4.78, 5) is 6.89. The Morgan fingerprint density at radius 3 is 2.85 bits per heavy atom. The van der Waals surface area contributed by atoms with Crippen LogP contribution >= 0.6 is 0 Å². The van der Waals surface area contributed by atoms with E-state index < -0.39 is 0 Å². The van der Waals surface area contributed by atoms with Crippen molar-refractivity contribution in [2.75, 3.05) is 32.8 Å². The molecule has 1 aromatic rings. The zero-order valence-corrected chi connectivity index (χ0v) is 12.0. The van der Waals surface area contributed by atoms with Crippen molar-refractivity contribution in [3.63, 3.8) is 0 Å². The molecule has 2 N–H and O–H groups in total. The van der Waals surface area contributed by atoms with E-state index in [4.69, 9.17) is 15.0 Å². The molecule has 0 amide bonds. The molecular formula is C14H24N4O2. The first-order valence-corrected chi connectivity index (χ1v) is 7.72. The molecule has 0 aliphatic carbocycles. The highest BCUT2D eigenvalue weighted by molar-refractivity contribution is 4.99. The molecule has 6 nitrogen and oxygen atoms in total. The predicted molar refractivity (Wildman–Crippen MR) is 74.3 cm³/mol. The maximum absolute atomic E-state index is 6.21. The SMILES string of the molecule is NC(CN1CCCCC1)c1noc(C2CCCOC2)n1. The normalized spacial score (nSPS) is 26.6. The van der Waals surface area contributed by atoms with Crippen LogP contribution in [0.5, 0.6) is 0 Å². The largest absolute Gasteiger partial charge is 0.381 e. The van der Waals surface area contributed by atoms with Gasteiger partial charge in [0.1, 0.15) is 0 Å². The summed E-state index contributed by atoms with van der Waals surface area (Å²) in [5.74, 6) is 1.57. The third-order valence-electron chi connectivity index (χ3n) is 4.20. The van der Waals surface area contributed by atoms with E-state index in [1.54, 1.807) is 0 Å². The summed E-state index contributed by atoms with van der Waals surface area (Å²) in [6, 6.07) is -0.157. The molecule has 0 spiro atoms. The Kier molecular flexibility index (Phi) is 4.65. The van der Waals surface area contributed by atoms with Gasteiger partial charge in [-0.3, -0.25) is 0 Å². The van der Waals surface area contributed by atoms with Gasteiger partial charge in [-0.15, -0.1) is 0 Å². The number of rotatable bonds is 4. The van der Waals surface area contributed by atoms with E-state index in [1.807, 2.05) is 0 Å². The molecule has 20 heavy (non-hydrogen) atoms. The van der Waals surface area contributed by atoms with E-state index in [1.165, 1.54) is 19.3 Å². The van der Waals surface area contributed by atoms with Gasteiger partial charge in [-0.1, -0.05) is 11.6 Å². The van der Waals surface area contributed by atoms with Gasteiger partial charge in [0.2, 0.25) is 5.89 Å². The lowest BCUT2D eigenvalue weighted by atomic mass is 10.0. The van der Waals surface area contributed by atoms with Crippen LogP contribution in [-0.2, 0) is 4.74 Å². The second kappa shape index (κ2) is 6.65. The van der Waals surface area contributed by atoms with Crippen molar-refractivity contribution in [2.45, 2.75) is 44.1 Å². The summed E-state index contributed by atoms with van der Waals surface area (Å²) in [5, 5.41) is 4.06. The number of likely N-dealkylation sites (tertiary alicyclic amines) is 1. The smallest absolute Gasteiger partial charge is 0.232 e. The van der Waals surface area contributed by atoms with Crippen LogP contribution in [0.4, 0.5) is 0 Å². The van der Waals surface area contributed by atoms with Gasteiger partial charge in [-0.25, -0.2) is 0 Å². The van der Waals surface area contributed by atoms with Crippen molar-refractivity contribution in [2.24, 2.45) is 5.73 Å². The molecule has 3 rings (SSSR count). The molecule has 2 atom stereocenters. The first kappa shape index (κ1) is 14.0. The van der Waals surface area contributed by atoms with Crippen LogP contribution in [0.3, 0.4) is 0 Å². The minimum Gasteiger partial charge on any atom is -0.381 e. The second-order valence-electron chi connectivity index (χ2n) is 5.87. The zero-order valence-electron chi connectivity index (χ0n) is 12.0. The molecule has 2 saturated heterocycles. The van der Waals surface area contributed by atoms with Gasteiger partial charge in [-0.05, 0) is 38.8 Å². The Hall–Kier alpha value is -0.980. The fourth-order valence-corrected chi connectivity index (χ4v) is 3.00. The Balaban J connectivity index is 1.57. The van der Waals surface area contributed by atoms with Crippen LogP contribution in [0.15, 0.2) is 4.52 Å². The van der Waals surface area contributed by atoms with Crippen LogP contribution < -0.4 is 5.73 Å². The first-order chi connectivity index (χ1) is 9.83. The molecule has 1 aromatic heterocycles.